The van der Waals surface area contributed by atoms with Gasteiger partial charge in [0.15, 0.2) is 0 Å². The van der Waals surface area contributed by atoms with Crippen LogP contribution in [0, 0.1) is 11.6 Å². The van der Waals surface area contributed by atoms with E-state index in [2.05, 4.69) is 20.3 Å². The monoisotopic (exact) mass is 352 g/mol. The molecule has 2 aliphatic heterocycles. The molecule has 0 atom stereocenters. The van der Waals surface area contributed by atoms with Crippen molar-refractivity contribution >= 4 is 17.3 Å². The van der Waals surface area contributed by atoms with Gasteiger partial charge in [0.2, 0.25) is 0 Å². The van der Waals surface area contributed by atoms with Crippen LogP contribution < -0.4 is 4.90 Å². The molecule has 130 valence electrons. The Morgan fingerprint density at radius 1 is 1.12 bits per heavy atom. The number of rotatable bonds is 2. The highest BCUT2D eigenvalue weighted by Gasteiger charge is 2.37. The minimum absolute atomic E-state index is 0.0657. The average Bonchev–Trinajstić information content (AvgIpc) is 3.07. The first-order valence-electron chi connectivity index (χ1n) is 8.66. The fourth-order valence-electron chi connectivity index (χ4n) is 3.92. The summed E-state index contributed by atoms with van der Waals surface area (Å²) in [5.74, 6) is 0.158. The molecule has 1 N–H and O–H groups in total. The van der Waals surface area contributed by atoms with E-state index < -0.39 is 11.6 Å². The van der Waals surface area contributed by atoms with Gasteiger partial charge in [-0.1, -0.05) is 6.07 Å². The number of nitrogens with one attached hydrogen (secondary N) is 1. The number of aromatic nitrogens is 4. The highest BCUT2D eigenvalue weighted by molar-refractivity contribution is 6.14. The van der Waals surface area contributed by atoms with Gasteiger partial charge < -0.3 is 4.90 Å². The van der Waals surface area contributed by atoms with Gasteiger partial charge in [-0.05, 0) is 30.4 Å². The maximum Gasteiger partial charge on any atom is 0.148 e. The second kappa shape index (κ2) is 4.78. The van der Waals surface area contributed by atoms with Crippen molar-refractivity contribution in [3.63, 3.8) is 0 Å². The molecule has 26 heavy (non-hydrogen) atoms. The molecular weight excluding hydrogens is 338 g/mol. The molecule has 6 rings (SSSR count). The second-order valence-electron chi connectivity index (χ2n) is 6.92. The molecule has 6 nitrogen and oxygen atoms in total. The minimum atomic E-state index is -0.600. The Morgan fingerprint density at radius 2 is 2.00 bits per heavy atom. The number of nitrogens with zero attached hydrogens (tertiary/aromatic N) is 5. The summed E-state index contributed by atoms with van der Waals surface area (Å²) in [4.78, 5) is 6.47. The van der Waals surface area contributed by atoms with Crippen LogP contribution in [0.4, 0.5) is 20.3 Å². The maximum atomic E-state index is 15.3. The molecule has 1 aliphatic carbocycles. The zero-order valence-corrected chi connectivity index (χ0v) is 13.7. The van der Waals surface area contributed by atoms with E-state index in [0.717, 1.165) is 24.2 Å². The molecule has 1 aromatic carbocycles. The van der Waals surface area contributed by atoms with Crippen LogP contribution in [0.25, 0.3) is 11.3 Å². The number of amidine groups is 1. The van der Waals surface area contributed by atoms with Gasteiger partial charge in [0.25, 0.3) is 0 Å². The Bertz CT molecular complexity index is 1090. The Labute approximate surface area is 147 Å². The molecule has 0 spiro atoms. The van der Waals surface area contributed by atoms with Crippen molar-refractivity contribution < 1.29 is 8.78 Å². The van der Waals surface area contributed by atoms with Gasteiger partial charge in [0, 0.05) is 6.54 Å². The van der Waals surface area contributed by atoms with Gasteiger partial charge >= 0.3 is 0 Å². The lowest BCUT2D eigenvalue weighted by molar-refractivity contribution is 0.567. The third kappa shape index (κ3) is 1.76. The van der Waals surface area contributed by atoms with E-state index in [-0.39, 0.29) is 17.3 Å². The summed E-state index contributed by atoms with van der Waals surface area (Å²) in [5, 5.41) is 11.4. The molecule has 0 bridgehead atoms. The Balaban J connectivity index is 1.64. The lowest BCUT2D eigenvalue weighted by Crippen LogP contribution is -2.31. The summed E-state index contributed by atoms with van der Waals surface area (Å²) in [6.45, 7) is 1.21. The maximum absolute atomic E-state index is 15.3. The van der Waals surface area contributed by atoms with Gasteiger partial charge in [0.1, 0.15) is 29.0 Å². The van der Waals surface area contributed by atoms with E-state index in [4.69, 9.17) is 0 Å². The molecule has 4 heterocycles. The van der Waals surface area contributed by atoms with E-state index in [1.54, 1.807) is 18.5 Å². The first-order valence-corrected chi connectivity index (χ1v) is 8.66. The number of halogens is 2. The number of anilines is 1. The predicted molar refractivity (Wildman–Crippen MR) is 91.7 cm³/mol. The van der Waals surface area contributed by atoms with Crippen LogP contribution >= 0.6 is 0 Å². The smallest absolute Gasteiger partial charge is 0.148 e. The number of aliphatic imine (C=N–C) groups is 1. The SMILES string of the molecule is Fc1ccc(C2CC2)c(F)c1C1=Nc2cn[nH]c2-c2cnn3c2N1CC3. The quantitative estimate of drug-likeness (QED) is 0.769. The number of aromatic amines is 1. The molecule has 3 aliphatic rings. The van der Waals surface area contributed by atoms with E-state index in [9.17, 15) is 4.39 Å². The van der Waals surface area contributed by atoms with E-state index in [1.807, 2.05) is 9.58 Å². The molecule has 0 saturated heterocycles. The number of benzene rings is 1. The van der Waals surface area contributed by atoms with Crippen molar-refractivity contribution in [2.24, 2.45) is 4.99 Å². The Hall–Kier alpha value is -3.03. The number of hydrogen-bond acceptors (Lipinski definition) is 4. The summed E-state index contributed by atoms with van der Waals surface area (Å²) in [5.41, 5.74) is 2.62. The largest absolute Gasteiger partial charge is 0.308 e. The van der Waals surface area contributed by atoms with Gasteiger partial charge in [-0.2, -0.15) is 10.2 Å². The molecule has 0 amide bonds. The Kier molecular flexibility index (Phi) is 2.60. The molecule has 3 aromatic rings. The molecule has 0 radical (unpaired) electrons. The summed E-state index contributed by atoms with van der Waals surface area (Å²) in [7, 11) is 0. The highest BCUT2D eigenvalue weighted by atomic mass is 19.1. The predicted octanol–water partition coefficient (Wildman–Crippen LogP) is 3.34. The van der Waals surface area contributed by atoms with Crippen LogP contribution in [-0.2, 0) is 6.54 Å². The van der Waals surface area contributed by atoms with Crippen molar-refractivity contribution in [2.45, 2.75) is 25.3 Å². The van der Waals surface area contributed by atoms with Crippen molar-refractivity contribution in [3.05, 3.63) is 47.3 Å². The molecular formula is C18H14F2N6. The van der Waals surface area contributed by atoms with E-state index in [1.165, 1.54) is 6.07 Å². The lowest BCUT2D eigenvalue weighted by Gasteiger charge is -2.21. The van der Waals surface area contributed by atoms with Crippen LogP contribution in [0.3, 0.4) is 0 Å². The fourth-order valence-corrected chi connectivity index (χ4v) is 3.92. The van der Waals surface area contributed by atoms with Crippen LogP contribution in [0.2, 0.25) is 0 Å². The third-order valence-electron chi connectivity index (χ3n) is 5.34. The zero-order valence-electron chi connectivity index (χ0n) is 13.7. The molecule has 1 fully saturated rings. The van der Waals surface area contributed by atoms with Crippen molar-refractivity contribution in [1.82, 2.24) is 20.0 Å². The normalized spacial score (nSPS) is 17.8. The summed E-state index contributed by atoms with van der Waals surface area (Å²) < 4.78 is 31.9. The number of fused-ring (bicyclic) bond motifs is 2. The van der Waals surface area contributed by atoms with Crippen molar-refractivity contribution in [1.29, 1.82) is 0 Å². The van der Waals surface area contributed by atoms with Gasteiger partial charge in [0.05, 0.1) is 35.8 Å². The second-order valence-corrected chi connectivity index (χ2v) is 6.92. The summed E-state index contributed by atoms with van der Waals surface area (Å²) in [6, 6.07) is 2.91. The molecule has 8 heteroatoms. The Morgan fingerprint density at radius 3 is 2.85 bits per heavy atom. The first kappa shape index (κ1) is 14.2. The summed E-state index contributed by atoms with van der Waals surface area (Å²) in [6.07, 6.45) is 5.20. The fraction of sp³-hybridized carbons (Fsp3) is 0.278. The highest BCUT2D eigenvalue weighted by Crippen LogP contribution is 2.44. The third-order valence-corrected chi connectivity index (χ3v) is 5.34. The van der Waals surface area contributed by atoms with E-state index in [0.29, 0.717) is 30.0 Å². The lowest BCUT2D eigenvalue weighted by atomic mass is 10.0. The topological polar surface area (TPSA) is 62.1 Å². The molecule has 0 unspecified atom stereocenters. The molecule has 1 saturated carbocycles. The van der Waals surface area contributed by atoms with Crippen LogP contribution in [0.1, 0.15) is 29.9 Å². The average molecular weight is 352 g/mol. The van der Waals surface area contributed by atoms with Crippen LogP contribution in [0.5, 0.6) is 0 Å². The van der Waals surface area contributed by atoms with Crippen molar-refractivity contribution in [2.75, 3.05) is 11.4 Å². The van der Waals surface area contributed by atoms with Gasteiger partial charge in [-0.3, -0.25) is 5.10 Å². The van der Waals surface area contributed by atoms with Crippen molar-refractivity contribution in [3.8, 4) is 11.3 Å². The molecule has 2 aromatic heterocycles. The zero-order chi connectivity index (χ0) is 17.4. The minimum Gasteiger partial charge on any atom is -0.308 e. The van der Waals surface area contributed by atoms with Crippen LogP contribution in [0.15, 0.2) is 29.5 Å². The van der Waals surface area contributed by atoms with Gasteiger partial charge in [-0.25, -0.2) is 18.5 Å². The van der Waals surface area contributed by atoms with Gasteiger partial charge in [-0.15, -0.1) is 0 Å². The summed E-state index contributed by atoms with van der Waals surface area (Å²) >= 11 is 0. The number of H-pyrrole nitrogens is 1. The number of hydrogen-bond donors (Lipinski definition) is 1. The van der Waals surface area contributed by atoms with E-state index >= 15 is 4.39 Å². The van der Waals surface area contributed by atoms with Crippen LogP contribution in [-0.4, -0.2) is 32.4 Å². The first-order chi connectivity index (χ1) is 12.7. The standard InChI is InChI=1S/C18H14F2N6/c19-12-4-3-10(9-1-2-9)15(20)14(12)17-23-13-8-21-24-16(13)11-7-22-26-6-5-25(17)18(11)26/h3-4,7-9H,1-2,5-6H2,(H,21,24).